The second-order valence-corrected chi connectivity index (χ2v) is 7.64. The molecular formula is C12H22N2O3S. The van der Waals surface area contributed by atoms with E-state index in [-0.39, 0.29) is 23.0 Å². The van der Waals surface area contributed by atoms with Gasteiger partial charge in [0.15, 0.2) is 9.84 Å². The number of amides is 1. The topological polar surface area (TPSA) is 66.5 Å². The molecule has 2 rings (SSSR count). The molecule has 1 amide bonds. The van der Waals surface area contributed by atoms with E-state index < -0.39 is 9.84 Å². The van der Waals surface area contributed by atoms with Crippen molar-refractivity contribution in [3.05, 3.63) is 0 Å². The van der Waals surface area contributed by atoms with Crippen molar-refractivity contribution < 1.29 is 13.2 Å². The molecule has 2 aliphatic rings. The Morgan fingerprint density at radius 3 is 2.61 bits per heavy atom. The van der Waals surface area contributed by atoms with Crippen molar-refractivity contribution in [2.24, 2.45) is 0 Å². The summed E-state index contributed by atoms with van der Waals surface area (Å²) in [4.78, 5) is 13.8. The molecule has 0 bridgehead atoms. The summed E-state index contributed by atoms with van der Waals surface area (Å²) in [5.74, 6) is -0.530. The fourth-order valence-corrected chi connectivity index (χ4v) is 4.63. The molecule has 104 valence electrons. The molecule has 0 unspecified atom stereocenters. The second kappa shape index (κ2) is 5.57. The molecular weight excluding hydrogens is 252 g/mol. The highest BCUT2D eigenvalue weighted by atomic mass is 32.2. The Balaban J connectivity index is 1.97. The predicted octanol–water partition coefficient (Wildman–Crippen LogP) is 0.164. The maximum absolute atomic E-state index is 12.1. The van der Waals surface area contributed by atoms with Crippen LogP contribution < -0.4 is 5.32 Å². The highest BCUT2D eigenvalue weighted by molar-refractivity contribution is 7.92. The number of rotatable bonds is 3. The number of nitrogens with one attached hydrogen (secondary N) is 1. The van der Waals surface area contributed by atoms with E-state index >= 15 is 0 Å². The van der Waals surface area contributed by atoms with Crippen molar-refractivity contribution in [2.45, 2.75) is 43.9 Å². The van der Waals surface area contributed by atoms with Gasteiger partial charge in [0.25, 0.3) is 0 Å². The predicted molar refractivity (Wildman–Crippen MR) is 70.1 cm³/mol. The lowest BCUT2D eigenvalue weighted by atomic mass is 10.2. The summed E-state index contributed by atoms with van der Waals surface area (Å²) in [5, 5.41) is 2.92. The summed E-state index contributed by atoms with van der Waals surface area (Å²) in [6, 6.07) is 0.0880. The van der Waals surface area contributed by atoms with E-state index in [9.17, 15) is 13.2 Å². The third-order valence-corrected chi connectivity index (χ3v) is 6.09. The van der Waals surface area contributed by atoms with Gasteiger partial charge in [-0.15, -0.1) is 0 Å². The van der Waals surface area contributed by atoms with E-state index in [1.54, 1.807) is 4.90 Å². The van der Waals surface area contributed by atoms with Crippen molar-refractivity contribution in [1.82, 2.24) is 10.2 Å². The third-order valence-electron chi connectivity index (χ3n) is 3.96. The number of carbonyl (C=O) groups is 1. The molecule has 0 spiro atoms. The Labute approximate surface area is 109 Å². The fourth-order valence-electron chi connectivity index (χ4n) is 2.83. The molecule has 6 heteroatoms. The SMILES string of the molecule is C[C@@H]1CNCCN1C(=O)CS(=O)(=O)C1CCCC1. The second-order valence-electron chi connectivity index (χ2n) is 5.35. The Hall–Kier alpha value is -0.620. The highest BCUT2D eigenvalue weighted by Crippen LogP contribution is 2.25. The third kappa shape index (κ3) is 3.03. The first kappa shape index (κ1) is 13.8. The average molecular weight is 274 g/mol. The molecule has 2 fully saturated rings. The molecule has 1 aliphatic carbocycles. The molecule has 0 aromatic heterocycles. The van der Waals surface area contributed by atoms with Gasteiger partial charge in [0, 0.05) is 25.7 Å². The molecule has 1 atom stereocenters. The van der Waals surface area contributed by atoms with Gasteiger partial charge in [0.05, 0.1) is 5.25 Å². The summed E-state index contributed by atoms with van der Waals surface area (Å²) >= 11 is 0. The normalized spacial score (nSPS) is 26.5. The fraction of sp³-hybridized carbons (Fsp3) is 0.917. The lowest BCUT2D eigenvalue weighted by Gasteiger charge is -2.34. The molecule has 18 heavy (non-hydrogen) atoms. The van der Waals surface area contributed by atoms with Crippen LogP contribution in [0.15, 0.2) is 0 Å². The molecule has 1 saturated heterocycles. The summed E-state index contributed by atoms with van der Waals surface area (Å²) in [6.45, 7) is 4.06. The number of carbonyl (C=O) groups excluding carboxylic acids is 1. The zero-order valence-corrected chi connectivity index (χ0v) is 11.7. The number of sulfone groups is 1. The van der Waals surface area contributed by atoms with Crippen LogP contribution in [0.3, 0.4) is 0 Å². The van der Waals surface area contributed by atoms with Crippen LogP contribution in [-0.2, 0) is 14.6 Å². The van der Waals surface area contributed by atoms with Gasteiger partial charge in [-0.05, 0) is 19.8 Å². The molecule has 1 heterocycles. The molecule has 1 aliphatic heterocycles. The van der Waals surface area contributed by atoms with Gasteiger partial charge in [-0.1, -0.05) is 12.8 Å². The van der Waals surface area contributed by atoms with Crippen molar-refractivity contribution in [2.75, 3.05) is 25.4 Å². The van der Waals surface area contributed by atoms with Crippen molar-refractivity contribution in [1.29, 1.82) is 0 Å². The van der Waals surface area contributed by atoms with E-state index in [4.69, 9.17) is 0 Å². The van der Waals surface area contributed by atoms with E-state index in [1.807, 2.05) is 6.92 Å². The van der Waals surface area contributed by atoms with E-state index in [2.05, 4.69) is 5.32 Å². The Bertz CT molecular complexity index is 402. The first-order valence-electron chi connectivity index (χ1n) is 6.72. The Morgan fingerprint density at radius 1 is 1.33 bits per heavy atom. The van der Waals surface area contributed by atoms with Gasteiger partial charge in [-0.3, -0.25) is 4.79 Å². The van der Waals surface area contributed by atoms with Gasteiger partial charge in [-0.2, -0.15) is 0 Å². The minimum absolute atomic E-state index is 0.0880. The van der Waals surface area contributed by atoms with Crippen LogP contribution in [0.25, 0.3) is 0 Å². The smallest absolute Gasteiger partial charge is 0.238 e. The molecule has 1 saturated carbocycles. The Morgan fingerprint density at radius 2 is 2.00 bits per heavy atom. The number of piperazine rings is 1. The Kier molecular flexibility index (Phi) is 4.27. The van der Waals surface area contributed by atoms with Crippen LogP contribution in [-0.4, -0.2) is 55.9 Å². The minimum atomic E-state index is -3.24. The van der Waals surface area contributed by atoms with Crippen LogP contribution in [0.1, 0.15) is 32.6 Å². The van der Waals surface area contributed by atoms with Crippen LogP contribution in [0.5, 0.6) is 0 Å². The van der Waals surface area contributed by atoms with E-state index in [1.165, 1.54) is 0 Å². The van der Waals surface area contributed by atoms with E-state index in [0.717, 1.165) is 38.8 Å². The van der Waals surface area contributed by atoms with Gasteiger partial charge in [0.2, 0.25) is 5.91 Å². The first-order chi connectivity index (χ1) is 8.50. The van der Waals surface area contributed by atoms with Crippen molar-refractivity contribution >= 4 is 15.7 Å². The van der Waals surface area contributed by atoms with Crippen LogP contribution in [0.2, 0.25) is 0 Å². The summed E-state index contributed by atoms with van der Waals surface area (Å²) in [5.41, 5.74) is 0. The number of hydrogen-bond acceptors (Lipinski definition) is 4. The lowest BCUT2D eigenvalue weighted by molar-refractivity contribution is -0.131. The first-order valence-corrected chi connectivity index (χ1v) is 8.44. The largest absolute Gasteiger partial charge is 0.337 e. The number of hydrogen-bond donors (Lipinski definition) is 1. The van der Waals surface area contributed by atoms with Crippen molar-refractivity contribution in [3.63, 3.8) is 0 Å². The number of nitrogens with zero attached hydrogens (tertiary/aromatic N) is 1. The van der Waals surface area contributed by atoms with Gasteiger partial charge < -0.3 is 10.2 Å². The standard InChI is InChI=1S/C12H22N2O3S/c1-10-8-13-6-7-14(10)12(15)9-18(16,17)11-4-2-3-5-11/h10-11,13H,2-9H2,1H3/t10-/m1/s1. The van der Waals surface area contributed by atoms with Gasteiger partial charge >= 0.3 is 0 Å². The summed E-state index contributed by atoms with van der Waals surface area (Å²) in [6.07, 6.45) is 3.41. The lowest BCUT2D eigenvalue weighted by Crippen LogP contribution is -2.53. The van der Waals surface area contributed by atoms with Crippen LogP contribution >= 0.6 is 0 Å². The molecule has 1 N–H and O–H groups in total. The van der Waals surface area contributed by atoms with Crippen LogP contribution in [0, 0.1) is 0 Å². The molecule has 0 aromatic carbocycles. The summed E-state index contributed by atoms with van der Waals surface area (Å²) in [7, 11) is -3.24. The van der Waals surface area contributed by atoms with Crippen LogP contribution in [0.4, 0.5) is 0 Å². The van der Waals surface area contributed by atoms with Gasteiger partial charge in [-0.25, -0.2) is 8.42 Å². The zero-order valence-electron chi connectivity index (χ0n) is 10.9. The quantitative estimate of drug-likeness (QED) is 0.796. The minimum Gasteiger partial charge on any atom is -0.337 e. The molecule has 5 nitrogen and oxygen atoms in total. The van der Waals surface area contributed by atoms with E-state index in [0.29, 0.717) is 6.54 Å². The molecule has 0 aromatic rings. The van der Waals surface area contributed by atoms with Crippen molar-refractivity contribution in [3.8, 4) is 0 Å². The monoisotopic (exact) mass is 274 g/mol. The summed E-state index contributed by atoms with van der Waals surface area (Å²) < 4.78 is 24.3. The zero-order chi connectivity index (χ0) is 13.2. The highest BCUT2D eigenvalue weighted by Gasteiger charge is 2.33. The average Bonchev–Trinajstić information content (AvgIpc) is 2.82. The van der Waals surface area contributed by atoms with Gasteiger partial charge in [0.1, 0.15) is 5.75 Å². The molecule has 0 radical (unpaired) electrons. The maximum Gasteiger partial charge on any atom is 0.238 e. The maximum atomic E-state index is 12.1.